The van der Waals surface area contributed by atoms with Gasteiger partial charge in [-0.2, -0.15) is 13.2 Å². The zero-order valence-electron chi connectivity index (χ0n) is 12.2. The molecule has 0 aromatic heterocycles. The highest BCUT2D eigenvalue weighted by Gasteiger charge is 2.37. The van der Waals surface area contributed by atoms with Crippen molar-refractivity contribution in [3.8, 4) is 0 Å². The molecule has 2 atom stereocenters. The second-order valence-electron chi connectivity index (χ2n) is 4.94. The summed E-state index contributed by atoms with van der Waals surface area (Å²) < 4.78 is 57.1. The van der Waals surface area contributed by atoms with Crippen LogP contribution in [0.1, 0.15) is 44.4 Å². The Morgan fingerprint density at radius 1 is 1.29 bits per heavy atom. The Morgan fingerprint density at radius 3 is 2.29 bits per heavy atom. The average Bonchev–Trinajstić information content (AvgIpc) is 2.38. The summed E-state index contributed by atoms with van der Waals surface area (Å²) in [5.74, 6) is 4.17. The predicted molar refractivity (Wildman–Crippen MR) is 71.8 cm³/mol. The van der Waals surface area contributed by atoms with Gasteiger partial charge >= 0.3 is 6.18 Å². The summed E-state index contributed by atoms with van der Waals surface area (Å²) in [4.78, 5) is 0. The number of hydrogen-bond acceptors (Lipinski definition) is 3. The number of ether oxygens (including phenoxy) is 1. The lowest BCUT2D eigenvalue weighted by molar-refractivity contribution is -0.140. The summed E-state index contributed by atoms with van der Waals surface area (Å²) in [6.07, 6.45) is -4.17. The number of benzene rings is 1. The summed E-state index contributed by atoms with van der Waals surface area (Å²) in [6.45, 7) is 5.84. The fraction of sp³-hybridized carbons (Fsp3) is 0.571. The molecule has 3 N–H and O–H groups in total. The summed E-state index contributed by atoms with van der Waals surface area (Å²) in [5, 5.41) is 0. The molecule has 0 fully saturated rings. The van der Waals surface area contributed by atoms with E-state index in [-0.39, 0.29) is 0 Å². The Morgan fingerprint density at radius 2 is 1.90 bits per heavy atom. The Hall–Kier alpha value is -1.18. The molecule has 1 aromatic rings. The van der Waals surface area contributed by atoms with Crippen molar-refractivity contribution in [3.05, 3.63) is 35.1 Å². The topological polar surface area (TPSA) is 47.3 Å². The second-order valence-corrected chi connectivity index (χ2v) is 4.94. The van der Waals surface area contributed by atoms with Crippen molar-refractivity contribution in [2.45, 2.75) is 45.0 Å². The van der Waals surface area contributed by atoms with Crippen molar-refractivity contribution in [1.29, 1.82) is 0 Å². The van der Waals surface area contributed by atoms with Crippen LogP contribution in [-0.4, -0.2) is 12.2 Å². The molecule has 2 unspecified atom stereocenters. The minimum atomic E-state index is -4.72. The van der Waals surface area contributed by atoms with Gasteiger partial charge in [0.25, 0.3) is 0 Å². The number of halogens is 4. The van der Waals surface area contributed by atoms with Crippen LogP contribution in [0.5, 0.6) is 0 Å². The third-order valence-electron chi connectivity index (χ3n) is 3.59. The van der Waals surface area contributed by atoms with Gasteiger partial charge in [-0.3, -0.25) is 11.3 Å². The van der Waals surface area contributed by atoms with Crippen LogP contribution in [0.2, 0.25) is 0 Å². The quantitative estimate of drug-likeness (QED) is 0.480. The van der Waals surface area contributed by atoms with Crippen LogP contribution in [0.25, 0.3) is 0 Å². The van der Waals surface area contributed by atoms with Gasteiger partial charge in [-0.05, 0) is 38.0 Å². The lowest BCUT2D eigenvalue weighted by Crippen LogP contribution is -2.46. The minimum absolute atomic E-state index is 0.306. The van der Waals surface area contributed by atoms with Crippen molar-refractivity contribution < 1.29 is 22.3 Å². The molecule has 120 valence electrons. The summed E-state index contributed by atoms with van der Waals surface area (Å²) in [6, 6.07) is 2.15. The SMILES string of the molecule is CCOC(C)(CC)C(NN)c1ccc(C(F)(F)F)c(F)c1. The van der Waals surface area contributed by atoms with Gasteiger partial charge in [-0.25, -0.2) is 4.39 Å². The highest BCUT2D eigenvalue weighted by atomic mass is 19.4. The molecule has 0 aliphatic carbocycles. The Kier molecular flexibility index (Phi) is 5.72. The van der Waals surface area contributed by atoms with Crippen LogP contribution >= 0.6 is 0 Å². The van der Waals surface area contributed by atoms with E-state index in [1.54, 1.807) is 13.8 Å². The molecule has 21 heavy (non-hydrogen) atoms. The number of nitrogens with one attached hydrogen (secondary N) is 1. The van der Waals surface area contributed by atoms with Crippen LogP contribution in [0.4, 0.5) is 17.6 Å². The molecule has 0 saturated heterocycles. The van der Waals surface area contributed by atoms with Gasteiger partial charge in [-0.1, -0.05) is 13.0 Å². The molecule has 0 saturated carbocycles. The molecule has 0 spiro atoms. The van der Waals surface area contributed by atoms with Crippen LogP contribution in [0.15, 0.2) is 18.2 Å². The molecule has 7 heteroatoms. The second kappa shape index (κ2) is 6.72. The third-order valence-corrected chi connectivity index (χ3v) is 3.59. The smallest absolute Gasteiger partial charge is 0.374 e. The van der Waals surface area contributed by atoms with Crippen molar-refractivity contribution in [1.82, 2.24) is 5.43 Å². The average molecular weight is 308 g/mol. The summed E-state index contributed by atoms with van der Waals surface area (Å²) in [5.41, 5.74) is 0.764. The van der Waals surface area contributed by atoms with Crippen molar-refractivity contribution >= 4 is 0 Å². The fourth-order valence-electron chi connectivity index (χ4n) is 2.29. The van der Waals surface area contributed by atoms with E-state index in [1.807, 2.05) is 6.92 Å². The van der Waals surface area contributed by atoms with E-state index in [0.717, 1.165) is 12.1 Å². The van der Waals surface area contributed by atoms with Gasteiger partial charge in [0.15, 0.2) is 0 Å². The normalized spacial score (nSPS) is 16.6. The van der Waals surface area contributed by atoms with Gasteiger partial charge < -0.3 is 4.74 Å². The molecule has 0 amide bonds. The van der Waals surface area contributed by atoms with Crippen LogP contribution < -0.4 is 11.3 Å². The third kappa shape index (κ3) is 3.93. The molecule has 0 heterocycles. The largest absolute Gasteiger partial charge is 0.419 e. The van der Waals surface area contributed by atoms with E-state index in [1.165, 1.54) is 6.07 Å². The first-order valence-corrected chi connectivity index (χ1v) is 6.66. The molecule has 0 aliphatic rings. The zero-order chi connectivity index (χ0) is 16.3. The van der Waals surface area contributed by atoms with E-state index < -0.39 is 29.2 Å². The number of hydrogen-bond donors (Lipinski definition) is 2. The van der Waals surface area contributed by atoms with E-state index in [0.29, 0.717) is 18.6 Å². The first-order valence-electron chi connectivity index (χ1n) is 6.66. The minimum Gasteiger partial charge on any atom is -0.374 e. The maximum absolute atomic E-state index is 13.7. The van der Waals surface area contributed by atoms with Gasteiger partial charge in [0.1, 0.15) is 5.82 Å². The molecular formula is C14H20F4N2O. The molecule has 1 rings (SSSR count). The zero-order valence-corrected chi connectivity index (χ0v) is 12.2. The van der Waals surface area contributed by atoms with Crippen molar-refractivity contribution in [2.75, 3.05) is 6.61 Å². The standard InChI is InChI=1S/C14H20F4N2O/c1-4-13(3,21-5-2)12(20-19)9-6-7-10(11(15)8-9)14(16,17)18/h6-8,12,20H,4-5,19H2,1-3H3. The Balaban J connectivity index is 3.21. The summed E-state index contributed by atoms with van der Waals surface area (Å²) >= 11 is 0. The molecule has 0 aliphatic heterocycles. The molecule has 0 bridgehead atoms. The first-order chi connectivity index (χ1) is 9.69. The number of rotatable bonds is 6. The summed E-state index contributed by atoms with van der Waals surface area (Å²) in [7, 11) is 0. The van der Waals surface area contributed by atoms with E-state index in [2.05, 4.69) is 5.43 Å². The number of alkyl halides is 3. The van der Waals surface area contributed by atoms with E-state index in [9.17, 15) is 17.6 Å². The van der Waals surface area contributed by atoms with Gasteiger partial charge in [0.2, 0.25) is 0 Å². The predicted octanol–water partition coefficient (Wildman–Crippen LogP) is 3.55. The lowest BCUT2D eigenvalue weighted by Gasteiger charge is -2.36. The van der Waals surface area contributed by atoms with Crippen LogP contribution in [0.3, 0.4) is 0 Å². The van der Waals surface area contributed by atoms with Gasteiger partial charge in [0.05, 0.1) is 17.2 Å². The van der Waals surface area contributed by atoms with Crippen LogP contribution in [-0.2, 0) is 10.9 Å². The molecular weight excluding hydrogens is 288 g/mol. The van der Waals surface area contributed by atoms with Crippen molar-refractivity contribution in [2.24, 2.45) is 5.84 Å². The molecule has 1 aromatic carbocycles. The first kappa shape index (κ1) is 17.9. The van der Waals surface area contributed by atoms with E-state index in [4.69, 9.17) is 10.6 Å². The maximum atomic E-state index is 13.7. The number of nitrogens with two attached hydrogens (primary N) is 1. The lowest BCUT2D eigenvalue weighted by atomic mass is 9.87. The Labute approximate surface area is 121 Å². The number of hydrazine groups is 1. The van der Waals surface area contributed by atoms with Crippen LogP contribution in [0, 0.1) is 5.82 Å². The van der Waals surface area contributed by atoms with Gasteiger partial charge in [0, 0.05) is 6.61 Å². The monoisotopic (exact) mass is 308 g/mol. The maximum Gasteiger partial charge on any atom is 0.419 e. The fourth-order valence-corrected chi connectivity index (χ4v) is 2.29. The Bertz CT molecular complexity index is 479. The van der Waals surface area contributed by atoms with Gasteiger partial charge in [-0.15, -0.1) is 0 Å². The molecule has 0 radical (unpaired) electrons. The van der Waals surface area contributed by atoms with Crippen molar-refractivity contribution in [3.63, 3.8) is 0 Å². The van der Waals surface area contributed by atoms with E-state index >= 15 is 0 Å². The highest BCUT2D eigenvalue weighted by molar-refractivity contribution is 5.30. The molecule has 3 nitrogen and oxygen atoms in total. The highest BCUT2D eigenvalue weighted by Crippen LogP contribution is 2.36.